The molecule has 3 rings (SSSR count). The number of ether oxygens (including phenoxy) is 1. The summed E-state index contributed by atoms with van der Waals surface area (Å²) in [4.78, 5) is 27.0. The molecule has 148 valence electrons. The average molecular weight is 373 g/mol. The van der Waals surface area contributed by atoms with Crippen molar-refractivity contribution in [2.24, 2.45) is 5.92 Å². The van der Waals surface area contributed by atoms with Crippen molar-refractivity contribution < 1.29 is 14.3 Å². The molecule has 1 aliphatic heterocycles. The molecule has 0 bridgehead atoms. The molecule has 3 amide bonds. The highest BCUT2D eigenvalue weighted by Gasteiger charge is 2.29. The first-order valence-corrected chi connectivity index (χ1v) is 10.1. The summed E-state index contributed by atoms with van der Waals surface area (Å²) in [5.41, 5.74) is 1.78. The number of aryl methyl sites for hydroxylation is 1. The number of amides is 3. The van der Waals surface area contributed by atoms with Crippen LogP contribution in [0.3, 0.4) is 0 Å². The largest absolute Gasteiger partial charge is 0.495 e. The van der Waals surface area contributed by atoms with E-state index in [4.69, 9.17) is 4.74 Å². The standard InChI is InChI=1S/C21H31N3O3/c1-15-8-9-19(27-2)18(14-15)23-20(25)16-10-12-24(13-11-16)21(26)22-17-6-4-3-5-7-17/h8-9,14,16-17H,3-7,10-13H2,1-2H3,(H,22,26)(H,23,25). The molecule has 0 radical (unpaired) electrons. The number of hydrogen-bond acceptors (Lipinski definition) is 3. The third-order valence-corrected chi connectivity index (χ3v) is 5.70. The topological polar surface area (TPSA) is 70.7 Å². The normalized spacial score (nSPS) is 18.8. The Morgan fingerprint density at radius 2 is 1.78 bits per heavy atom. The highest BCUT2D eigenvalue weighted by molar-refractivity contribution is 5.94. The first-order valence-electron chi connectivity index (χ1n) is 10.1. The van der Waals surface area contributed by atoms with E-state index in [1.165, 1.54) is 19.3 Å². The van der Waals surface area contributed by atoms with Crippen molar-refractivity contribution in [1.82, 2.24) is 10.2 Å². The van der Waals surface area contributed by atoms with E-state index in [1.807, 2.05) is 30.0 Å². The average Bonchev–Trinajstić information content (AvgIpc) is 2.69. The lowest BCUT2D eigenvalue weighted by Gasteiger charge is -2.33. The molecule has 0 aromatic heterocycles. The number of likely N-dealkylation sites (tertiary alicyclic amines) is 1. The van der Waals surface area contributed by atoms with Crippen LogP contribution in [0.15, 0.2) is 18.2 Å². The first-order chi connectivity index (χ1) is 13.1. The number of urea groups is 1. The van der Waals surface area contributed by atoms with Gasteiger partial charge in [-0.05, 0) is 50.3 Å². The van der Waals surface area contributed by atoms with Gasteiger partial charge in [0.2, 0.25) is 5.91 Å². The molecular weight excluding hydrogens is 342 g/mol. The van der Waals surface area contributed by atoms with Gasteiger partial charge in [-0.1, -0.05) is 25.3 Å². The summed E-state index contributed by atoms with van der Waals surface area (Å²) in [7, 11) is 1.60. The summed E-state index contributed by atoms with van der Waals surface area (Å²) in [5, 5.41) is 6.16. The molecule has 0 spiro atoms. The highest BCUT2D eigenvalue weighted by atomic mass is 16.5. The van der Waals surface area contributed by atoms with Crippen LogP contribution in [0.2, 0.25) is 0 Å². The number of nitrogens with zero attached hydrogens (tertiary/aromatic N) is 1. The molecule has 0 atom stereocenters. The van der Waals surface area contributed by atoms with Gasteiger partial charge in [0.05, 0.1) is 12.8 Å². The van der Waals surface area contributed by atoms with Crippen LogP contribution in [0.5, 0.6) is 5.75 Å². The number of anilines is 1. The Morgan fingerprint density at radius 1 is 1.07 bits per heavy atom. The second-order valence-corrected chi connectivity index (χ2v) is 7.74. The predicted octanol–water partition coefficient (Wildman–Crippen LogP) is 3.70. The maximum Gasteiger partial charge on any atom is 0.317 e. The number of carbonyl (C=O) groups excluding carboxylic acids is 2. The Hall–Kier alpha value is -2.24. The smallest absolute Gasteiger partial charge is 0.317 e. The van der Waals surface area contributed by atoms with Crippen molar-refractivity contribution in [3.05, 3.63) is 23.8 Å². The zero-order valence-corrected chi connectivity index (χ0v) is 16.4. The third-order valence-electron chi connectivity index (χ3n) is 5.70. The number of piperidine rings is 1. The molecule has 2 N–H and O–H groups in total. The number of nitrogens with one attached hydrogen (secondary N) is 2. The van der Waals surface area contributed by atoms with Crippen molar-refractivity contribution >= 4 is 17.6 Å². The minimum Gasteiger partial charge on any atom is -0.495 e. The molecule has 6 heteroatoms. The Labute approximate surface area is 161 Å². The van der Waals surface area contributed by atoms with Crippen LogP contribution in [0.25, 0.3) is 0 Å². The highest BCUT2D eigenvalue weighted by Crippen LogP contribution is 2.27. The molecule has 1 aromatic rings. The lowest BCUT2D eigenvalue weighted by molar-refractivity contribution is -0.121. The second kappa shape index (κ2) is 9.11. The van der Waals surface area contributed by atoms with Gasteiger partial charge in [0.25, 0.3) is 0 Å². The van der Waals surface area contributed by atoms with E-state index in [9.17, 15) is 9.59 Å². The molecule has 1 heterocycles. The summed E-state index contributed by atoms with van der Waals surface area (Å²) in [6, 6.07) is 6.09. The van der Waals surface area contributed by atoms with Gasteiger partial charge in [0.1, 0.15) is 5.75 Å². The molecule has 1 saturated carbocycles. The summed E-state index contributed by atoms with van der Waals surface area (Å²) in [6.45, 7) is 3.24. The van der Waals surface area contributed by atoms with E-state index < -0.39 is 0 Å². The number of benzene rings is 1. The van der Waals surface area contributed by atoms with Gasteiger partial charge in [-0.3, -0.25) is 4.79 Å². The number of methoxy groups -OCH3 is 1. The summed E-state index contributed by atoms with van der Waals surface area (Å²) < 4.78 is 5.33. The van der Waals surface area contributed by atoms with Gasteiger partial charge in [-0.25, -0.2) is 4.79 Å². The minimum absolute atomic E-state index is 0.00578. The molecular formula is C21H31N3O3. The molecule has 0 unspecified atom stereocenters. The van der Waals surface area contributed by atoms with Crippen molar-refractivity contribution in [2.45, 2.75) is 57.9 Å². The van der Waals surface area contributed by atoms with E-state index in [1.54, 1.807) is 7.11 Å². The van der Waals surface area contributed by atoms with Gasteiger partial charge in [0.15, 0.2) is 0 Å². The van der Waals surface area contributed by atoms with Crippen LogP contribution < -0.4 is 15.4 Å². The molecule has 2 aliphatic rings. The van der Waals surface area contributed by atoms with Crippen LogP contribution in [-0.2, 0) is 4.79 Å². The second-order valence-electron chi connectivity index (χ2n) is 7.74. The van der Waals surface area contributed by atoms with Gasteiger partial charge < -0.3 is 20.3 Å². The van der Waals surface area contributed by atoms with Gasteiger partial charge in [-0.15, -0.1) is 0 Å². The van der Waals surface area contributed by atoms with Crippen molar-refractivity contribution in [2.75, 3.05) is 25.5 Å². The van der Waals surface area contributed by atoms with Gasteiger partial charge in [0, 0.05) is 25.0 Å². The maximum atomic E-state index is 12.7. The fourth-order valence-corrected chi connectivity index (χ4v) is 4.01. The van der Waals surface area contributed by atoms with Gasteiger partial charge in [-0.2, -0.15) is 0 Å². The Kier molecular flexibility index (Phi) is 6.58. The van der Waals surface area contributed by atoms with Crippen LogP contribution in [0.1, 0.15) is 50.5 Å². The minimum atomic E-state index is -0.0750. The van der Waals surface area contributed by atoms with Crippen LogP contribution >= 0.6 is 0 Å². The lowest BCUT2D eigenvalue weighted by atomic mass is 9.95. The quantitative estimate of drug-likeness (QED) is 0.845. The molecule has 1 saturated heterocycles. The van der Waals surface area contributed by atoms with E-state index >= 15 is 0 Å². The van der Waals surface area contributed by atoms with Gasteiger partial charge >= 0.3 is 6.03 Å². The zero-order chi connectivity index (χ0) is 19.2. The fraction of sp³-hybridized carbons (Fsp3) is 0.619. The Bertz CT molecular complexity index is 663. The zero-order valence-electron chi connectivity index (χ0n) is 16.4. The number of rotatable bonds is 4. The van der Waals surface area contributed by atoms with E-state index in [-0.39, 0.29) is 17.9 Å². The monoisotopic (exact) mass is 373 g/mol. The number of carbonyl (C=O) groups is 2. The van der Waals surface area contributed by atoms with Crippen molar-refractivity contribution in [1.29, 1.82) is 0 Å². The maximum absolute atomic E-state index is 12.7. The van der Waals surface area contributed by atoms with E-state index in [0.29, 0.717) is 43.4 Å². The summed E-state index contributed by atoms with van der Waals surface area (Å²) >= 11 is 0. The third kappa shape index (κ3) is 5.15. The first kappa shape index (κ1) is 19.5. The molecule has 1 aromatic carbocycles. The molecule has 1 aliphatic carbocycles. The van der Waals surface area contributed by atoms with Crippen molar-refractivity contribution in [3.63, 3.8) is 0 Å². The molecule has 6 nitrogen and oxygen atoms in total. The lowest BCUT2D eigenvalue weighted by Crippen LogP contribution is -2.49. The molecule has 27 heavy (non-hydrogen) atoms. The van der Waals surface area contributed by atoms with E-state index in [2.05, 4.69) is 10.6 Å². The number of hydrogen-bond donors (Lipinski definition) is 2. The Morgan fingerprint density at radius 3 is 2.44 bits per heavy atom. The van der Waals surface area contributed by atoms with Crippen LogP contribution in [-0.4, -0.2) is 43.1 Å². The van der Waals surface area contributed by atoms with E-state index in [0.717, 1.165) is 18.4 Å². The predicted molar refractivity (Wildman–Crippen MR) is 106 cm³/mol. The van der Waals surface area contributed by atoms with Crippen LogP contribution in [0, 0.1) is 12.8 Å². The summed E-state index contributed by atoms with van der Waals surface area (Å²) in [5.74, 6) is 0.596. The molecule has 2 fully saturated rings. The Balaban J connectivity index is 1.49. The SMILES string of the molecule is COc1ccc(C)cc1NC(=O)C1CCN(C(=O)NC2CCCCC2)CC1. The summed E-state index contributed by atoms with van der Waals surface area (Å²) in [6.07, 6.45) is 7.24. The fourth-order valence-electron chi connectivity index (χ4n) is 4.01. The van der Waals surface area contributed by atoms with Crippen molar-refractivity contribution in [3.8, 4) is 5.75 Å². The van der Waals surface area contributed by atoms with Crippen LogP contribution in [0.4, 0.5) is 10.5 Å².